The zero-order chi connectivity index (χ0) is 9.56. The van der Waals surface area contributed by atoms with Gasteiger partial charge in [0.2, 0.25) is 9.88 Å². The summed E-state index contributed by atoms with van der Waals surface area (Å²) in [7, 11) is 0. The Morgan fingerprint density at radius 2 is 1.08 bits per heavy atom. The molecule has 0 bridgehead atoms. The molecule has 0 saturated heterocycles. The Bertz CT molecular complexity index is 181. The average Bonchev–Trinajstić information content (AvgIpc) is 2.03. The Morgan fingerprint density at radius 3 is 1.31 bits per heavy atom. The summed E-state index contributed by atoms with van der Waals surface area (Å²) in [5, 5.41) is -2.67. The van der Waals surface area contributed by atoms with Crippen molar-refractivity contribution in [2.75, 3.05) is 0 Å². The van der Waals surface area contributed by atoms with Gasteiger partial charge in [-0.2, -0.15) is 0 Å². The standard InChI is InChI=1S/H4N5O7.Pt/c1-9-3(6)11-5(8)12-4(7)10-2;/h1-2H2;/q+3;. The van der Waals surface area contributed by atoms with Crippen LogP contribution in [0.1, 0.15) is 0 Å². The van der Waals surface area contributed by atoms with Gasteiger partial charge in [0, 0.05) is 21.1 Å². The van der Waals surface area contributed by atoms with E-state index in [2.05, 4.69) is 31.5 Å². The zero-order valence-corrected chi connectivity index (χ0v) is 7.94. The van der Waals surface area contributed by atoms with Crippen LogP contribution in [0.5, 0.6) is 0 Å². The molecule has 0 amide bonds. The average molecular weight is 381 g/mol. The Labute approximate surface area is 83.2 Å². The van der Waals surface area contributed by atoms with E-state index in [1.165, 1.54) is 0 Å². The maximum absolute atomic E-state index is 10.1. The second-order valence-electron chi connectivity index (χ2n) is 1.04. The molecule has 0 atom stereocenters. The molecule has 0 fully saturated rings. The minimum absolute atomic E-state index is 0. The van der Waals surface area contributed by atoms with E-state index in [1.54, 1.807) is 0 Å². The summed E-state index contributed by atoms with van der Waals surface area (Å²) in [5.74, 6) is 8.41. The van der Waals surface area contributed by atoms with Gasteiger partial charge in [-0.25, -0.2) is 0 Å². The molecule has 0 spiro atoms. The summed E-state index contributed by atoms with van der Waals surface area (Å²) >= 11 is 0. The van der Waals surface area contributed by atoms with Gasteiger partial charge in [0.15, 0.2) is 0 Å². The molecule has 0 heterocycles. The van der Waals surface area contributed by atoms with Crippen molar-refractivity contribution in [1.29, 1.82) is 0 Å². The Morgan fingerprint density at radius 1 is 0.769 bits per heavy atom. The van der Waals surface area contributed by atoms with Gasteiger partial charge in [0.05, 0.1) is 0 Å². The molecule has 0 radical (unpaired) electrons. The fraction of sp³-hybridized carbons (Fsp3) is 0. The van der Waals surface area contributed by atoms with Crippen molar-refractivity contribution in [1.82, 2.24) is 0 Å². The van der Waals surface area contributed by atoms with Crippen molar-refractivity contribution < 1.29 is 56.1 Å². The molecule has 12 nitrogen and oxygen atoms in total. The molecule has 0 aromatic carbocycles. The second-order valence-corrected chi connectivity index (χ2v) is 1.04. The van der Waals surface area contributed by atoms with Gasteiger partial charge in [0.1, 0.15) is 14.7 Å². The summed E-state index contributed by atoms with van der Waals surface area (Å²) in [6.07, 6.45) is 0. The van der Waals surface area contributed by atoms with Crippen molar-refractivity contribution in [3.63, 3.8) is 0 Å². The van der Waals surface area contributed by atoms with E-state index in [4.69, 9.17) is 0 Å². The molecule has 0 rings (SSSR count). The molecule has 0 aliphatic heterocycles. The van der Waals surface area contributed by atoms with Crippen molar-refractivity contribution in [2.45, 2.75) is 0 Å². The second kappa shape index (κ2) is 7.27. The van der Waals surface area contributed by atoms with E-state index in [0.29, 0.717) is 0 Å². The molecule has 13 heteroatoms. The number of rotatable bonds is 6. The van der Waals surface area contributed by atoms with Crippen LogP contribution < -0.4 is 11.8 Å². The number of hydrogen-bond donors (Lipinski definition) is 2. The van der Waals surface area contributed by atoms with Gasteiger partial charge < -0.3 is 0 Å². The maximum Gasteiger partial charge on any atom is 0.619 e. The van der Waals surface area contributed by atoms with Crippen LogP contribution in [0.3, 0.4) is 0 Å². The molecule has 13 heavy (non-hydrogen) atoms. The third kappa shape index (κ3) is 6.99. The van der Waals surface area contributed by atoms with Crippen LogP contribution in [-0.2, 0) is 40.8 Å². The van der Waals surface area contributed by atoms with E-state index < -0.39 is 15.3 Å². The number of nitrogens with two attached hydrogens (primary N) is 2. The summed E-state index contributed by atoms with van der Waals surface area (Å²) in [6, 6.07) is 0. The summed E-state index contributed by atoms with van der Waals surface area (Å²) in [5.41, 5.74) is 0. The van der Waals surface area contributed by atoms with Gasteiger partial charge >= 0.3 is 15.3 Å². The van der Waals surface area contributed by atoms with Gasteiger partial charge in [-0.05, 0) is 0 Å². The van der Waals surface area contributed by atoms with Crippen molar-refractivity contribution in [3.8, 4) is 0 Å². The topological polar surface area (TPSA) is 149 Å². The van der Waals surface area contributed by atoms with E-state index >= 15 is 0 Å². The van der Waals surface area contributed by atoms with Gasteiger partial charge in [-0.1, -0.05) is 21.7 Å². The molecular weight excluding hydrogens is 377 g/mol. The van der Waals surface area contributed by atoms with Crippen LogP contribution in [0.25, 0.3) is 0 Å². The molecule has 0 unspecified atom stereocenters. The first kappa shape index (κ1) is 14.2. The summed E-state index contributed by atoms with van der Waals surface area (Å²) < 4.78 is 0. The van der Waals surface area contributed by atoms with E-state index in [-0.39, 0.29) is 21.1 Å². The molecule has 0 aromatic rings. The predicted molar refractivity (Wildman–Crippen MR) is 23.6 cm³/mol. The van der Waals surface area contributed by atoms with Crippen LogP contribution >= 0.6 is 0 Å². The molecule has 78 valence electrons. The van der Waals surface area contributed by atoms with Crippen LogP contribution in [0.4, 0.5) is 0 Å². The molecular formula is H4N5O7Pt+3. The normalized spacial score (nSPS) is 7.54. The fourth-order valence-electron chi connectivity index (χ4n) is 0.162. The van der Waals surface area contributed by atoms with Crippen molar-refractivity contribution in [3.05, 3.63) is 14.7 Å². The molecule has 0 aromatic heterocycles. The number of nitrogens with zero attached hydrogens (tertiary/aromatic N) is 3. The summed E-state index contributed by atoms with van der Waals surface area (Å²) in [6.45, 7) is 0. The van der Waals surface area contributed by atoms with E-state index in [1.807, 2.05) is 0 Å². The first-order valence-electron chi connectivity index (χ1n) is 2.11. The van der Waals surface area contributed by atoms with Crippen LogP contribution in [0.15, 0.2) is 0 Å². The van der Waals surface area contributed by atoms with Gasteiger partial charge in [-0.3, -0.25) is 0 Å². The monoisotopic (exact) mass is 381 g/mol. The van der Waals surface area contributed by atoms with Crippen molar-refractivity contribution in [2.24, 2.45) is 11.8 Å². The maximum atomic E-state index is 10.1. The Hall–Kier alpha value is -1.39. The Kier molecular flexibility index (Phi) is 7.91. The van der Waals surface area contributed by atoms with Gasteiger partial charge in [-0.15, -0.1) is 0 Å². The molecule has 0 saturated carbocycles. The smallest absolute Gasteiger partial charge is 0.0947 e. The first-order chi connectivity index (χ1) is 5.60. The first-order valence-corrected chi connectivity index (χ1v) is 2.11. The van der Waals surface area contributed by atoms with Crippen molar-refractivity contribution >= 4 is 0 Å². The van der Waals surface area contributed by atoms with Crippen LogP contribution in [0, 0.1) is 14.7 Å². The third-order valence-electron chi connectivity index (χ3n) is 0.439. The largest absolute Gasteiger partial charge is 0.619 e. The van der Waals surface area contributed by atoms with E-state index in [9.17, 15) is 14.7 Å². The fourth-order valence-corrected chi connectivity index (χ4v) is 0.162. The number of hydrogen-bond acceptors (Lipinski definition) is 9. The van der Waals surface area contributed by atoms with Gasteiger partial charge in [0.25, 0.3) is 0 Å². The molecule has 0 aliphatic rings. The van der Waals surface area contributed by atoms with Crippen LogP contribution in [-0.4, -0.2) is 15.3 Å². The zero-order valence-electron chi connectivity index (χ0n) is 5.67. The Balaban J connectivity index is 0. The predicted octanol–water partition coefficient (Wildman–Crippen LogP) is -2.38. The molecule has 4 N–H and O–H groups in total. The minimum Gasteiger partial charge on any atom is -0.0947 e. The SMILES string of the molecule is NO[N+](=O)O[N+](=O)O[N+](=O)ON.[Pt]. The van der Waals surface area contributed by atoms with Crippen LogP contribution in [0.2, 0.25) is 0 Å². The summed E-state index contributed by atoms with van der Waals surface area (Å²) in [4.78, 5) is 43.3. The quantitative estimate of drug-likeness (QED) is 0.481. The third-order valence-corrected chi connectivity index (χ3v) is 0.439. The molecule has 0 aliphatic carbocycles. The van der Waals surface area contributed by atoms with E-state index in [0.717, 1.165) is 0 Å². The minimum atomic E-state index is -0.973.